The minimum atomic E-state index is 0.184. The van der Waals surface area contributed by atoms with Crippen LogP contribution in [-0.2, 0) is 5.41 Å². The summed E-state index contributed by atoms with van der Waals surface area (Å²) in [5.74, 6) is 0. The fourth-order valence-electron chi connectivity index (χ4n) is 3.63. The van der Waals surface area contributed by atoms with Gasteiger partial charge in [0.15, 0.2) is 0 Å². The molecule has 2 aromatic carbocycles. The molecule has 0 fully saturated rings. The molecular weight excluding hydrogens is 304 g/mol. The van der Waals surface area contributed by atoms with Crippen LogP contribution in [-0.4, -0.2) is 9.38 Å². The third kappa shape index (κ3) is 2.70. The standard InChI is InChI=1S/C21H22N2.C2H6/c1-4-21(3,5-2)16-10-8-9-15-12-13-17-20(19(15)16)22-18-11-6-7-14-23(17)18;1-2/h6-14H,4-5H2,1-3H3;1-2H3. The number of hydrogen-bond acceptors (Lipinski definition) is 1. The lowest BCUT2D eigenvalue weighted by atomic mass is 9.75. The highest BCUT2D eigenvalue weighted by atomic mass is 15.0. The molecule has 0 saturated carbocycles. The smallest absolute Gasteiger partial charge is 0.137 e. The van der Waals surface area contributed by atoms with Crippen LogP contribution < -0.4 is 0 Å². The Morgan fingerprint density at radius 1 is 0.920 bits per heavy atom. The van der Waals surface area contributed by atoms with Crippen molar-refractivity contribution in [2.45, 2.75) is 52.9 Å². The predicted octanol–water partition coefficient (Wildman–Crippen LogP) is 6.74. The summed E-state index contributed by atoms with van der Waals surface area (Å²) in [6.07, 6.45) is 4.36. The van der Waals surface area contributed by atoms with Crippen molar-refractivity contribution in [2.24, 2.45) is 0 Å². The minimum Gasteiger partial charge on any atom is -0.300 e. The van der Waals surface area contributed by atoms with E-state index >= 15 is 0 Å². The van der Waals surface area contributed by atoms with Gasteiger partial charge in [-0.15, -0.1) is 0 Å². The fraction of sp³-hybridized carbons (Fsp3) is 0.348. The molecule has 0 aliphatic rings. The second-order valence-electron chi connectivity index (χ2n) is 6.65. The predicted molar refractivity (Wildman–Crippen MR) is 109 cm³/mol. The highest BCUT2D eigenvalue weighted by molar-refractivity contribution is 6.07. The van der Waals surface area contributed by atoms with E-state index in [1.165, 1.54) is 21.9 Å². The van der Waals surface area contributed by atoms with E-state index < -0.39 is 0 Å². The first-order valence-electron chi connectivity index (χ1n) is 9.47. The summed E-state index contributed by atoms with van der Waals surface area (Å²) in [6, 6.07) is 17.3. The summed E-state index contributed by atoms with van der Waals surface area (Å²) >= 11 is 0. The van der Waals surface area contributed by atoms with Crippen molar-refractivity contribution in [3.8, 4) is 0 Å². The molecule has 2 nitrogen and oxygen atoms in total. The molecule has 25 heavy (non-hydrogen) atoms. The number of benzene rings is 2. The molecule has 4 rings (SSSR count). The maximum Gasteiger partial charge on any atom is 0.137 e. The Hall–Kier alpha value is -2.35. The Labute approximate surface area is 150 Å². The molecule has 0 unspecified atom stereocenters. The molecule has 0 bridgehead atoms. The lowest BCUT2D eigenvalue weighted by Gasteiger charge is -2.29. The molecule has 0 aliphatic heterocycles. The van der Waals surface area contributed by atoms with Gasteiger partial charge in [0, 0.05) is 11.6 Å². The van der Waals surface area contributed by atoms with Crippen LogP contribution in [0, 0.1) is 0 Å². The summed E-state index contributed by atoms with van der Waals surface area (Å²) in [5, 5.41) is 2.60. The van der Waals surface area contributed by atoms with Gasteiger partial charge < -0.3 is 0 Å². The van der Waals surface area contributed by atoms with E-state index in [0.29, 0.717) is 0 Å². The zero-order chi connectivity index (χ0) is 18.0. The fourth-order valence-corrected chi connectivity index (χ4v) is 3.63. The number of hydrogen-bond donors (Lipinski definition) is 0. The lowest BCUT2D eigenvalue weighted by Crippen LogP contribution is -2.19. The van der Waals surface area contributed by atoms with Gasteiger partial charge >= 0.3 is 0 Å². The molecular formula is C23H28N2. The number of fused-ring (bicyclic) bond motifs is 5. The quantitative estimate of drug-likeness (QED) is 0.406. The second-order valence-corrected chi connectivity index (χ2v) is 6.65. The number of rotatable bonds is 3. The van der Waals surface area contributed by atoms with Crippen molar-refractivity contribution >= 4 is 27.5 Å². The molecule has 2 heteroatoms. The number of aromatic nitrogens is 2. The molecule has 0 aliphatic carbocycles. The SMILES string of the molecule is CC.CCC(C)(CC)c1cccc2ccc3c(nc4ccccn43)c12. The Morgan fingerprint density at radius 3 is 2.40 bits per heavy atom. The van der Waals surface area contributed by atoms with E-state index in [0.717, 1.165) is 24.0 Å². The highest BCUT2D eigenvalue weighted by Crippen LogP contribution is 2.38. The van der Waals surface area contributed by atoms with Crippen LogP contribution in [0.3, 0.4) is 0 Å². The third-order valence-corrected chi connectivity index (χ3v) is 5.53. The molecule has 130 valence electrons. The summed E-state index contributed by atoms with van der Waals surface area (Å²) < 4.78 is 2.18. The van der Waals surface area contributed by atoms with Crippen molar-refractivity contribution in [1.82, 2.24) is 9.38 Å². The van der Waals surface area contributed by atoms with E-state index in [-0.39, 0.29) is 5.41 Å². The molecule has 0 amide bonds. The van der Waals surface area contributed by atoms with Crippen LogP contribution in [0.25, 0.3) is 27.5 Å². The summed E-state index contributed by atoms with van der Waals surface area (Å²) in [6.45, 7) is 10.9. The Kier molecular flexibility index (Phi) is 4.80. The Morgan fingerprint density at radius 2 is 1.68 bits per heavy atom. The van der Waals surface area contributed by atoms with Gasteiger partial charge in [0.1, 0.15) is 5.65 Å². The average Bonchev–Trinajstić information content (AvgIpc) is 3.07. The van der Waals surface area contributed by atoms with Crippen molar-refractivity contribution < 1.29 is 0 Å². The monoisotopic (exact) mass is 332 g/mol. The van der Waals surface area contributed by atoms with Crippen LogP contribution in [0.1, 0.15) is 53.0 Å². The molecule has 4 aromatic rings. The molecule has 0 radical (unpaired) electrons. The van der Waals surface area contributed by atoms with E-state index in [4.69, 9.17) is 4.98 Å². The molecule has 0 N–H and O–H groups in total. The molecule has 2 aromatic heterocycles. The first-order chi connectivity index (χ1) is 12.2. The van der Waals surface area contributed by atoms with Gasteiger partial charge in [0.2, 0.25) is 0 Å². The van der Waals surface area contributed by atoms with E-state index in [2.05, 4.69) is 73.8 Å². The molecule has 0 atom stereocenters. The maximum absolute atomic E-state index is 4.95. The van der Waals surface area contributed by atoms with Crippen molar-refractivity contribution in [1.29, 1.82) is 0 Å². The highest BCUT2D eigenvalue weighted by Gasteiger charge is 2.25. The van der Waals surface area contributed by atoms with Gasteiger partial charge in [0.05, 0.1) is 11.0 Å². The van der Waals surface area contributed by atoms with Gasteiger partial charge in [-0.2, -0.15) is 0 Å². The number of imidazole rings is 1. The first-order valence-corrected chi connectivity index (χ1v) is 9.47. The van der Waals surface area contributed by atoms with Gasteiger partial charge in [-0.25, -0.2) is 4.98 Å². The number of nitrogens with zero attached hydrogens (tertiary/aromatic N) is 2. The molecule has 0 saturated heterocycles. The van der Waals surface area contributed by atoms with Crippen LogP contribution in [0.5, 0.6) is 0 Å². The van der Waals surface area contributed by atoms with Crippen molar-refractivity contribution in [3.63, 3.8) is 0 Å². The van der Waals surface area contributed by atoms with Gasteiger partial charge in [-0.1, -0.05) is 65.0 Å². The van der Waals surface area contributed by atoms with Crippen molar-refractivity contribution in [3.05, 3.63) is 60.3 Å². The minimum absolute atomic E-state index is 0.184. The molecule has 0 spiro atoms. The van der Waals surface area contributed by atoms with E-state index in [1.54, 1.807) is 0 Å². The van der Waals surface area contributed by atoms with Crippen LogP contribution in [0.2, 0.25) is 0 Å². The lowest BCUT2D eigenvalue weighted by molar-refractivity contribution is 0.443. The summed E-state index contributed by atoms with van der Waals surface area (Å²) in [5.41, 5.74) is 4.94. The van der Waals surface area contributed by atoms with E-state index in [1.807, 2.05) is 19.9 Å². The van der Waals surface area contributed by atoms with Crippen LogP contribution in [0.15, 0.2) is 54.7 Å². The third-order valence-electron chi connectivity index (χ3n) is 5.53. The largest absolute Gasteiger partial charge is 0.300 e. The number of pyridine rings is 1. The summed E-state index contributed by atoms with van der Waals surface area (Å²) in [7, 11) is 0. The summed E-state index contributed by atoms with van der Waals surface area (Å²) in [4.78, 5) is 4.95. The zero-order valence-electron chi connectivity index (χ0n) is 16.0. The Balaban J connectivity index is 0.000000880. The van der Waals surface area contributed by atoms with Gasteiger partial charge in [-0.3, -0.25) is 4.40 Å². The van der Waals surface area contributed by atoms with Crippen molar-refractivity contribution in [2.75, 3.05) is 0 Å². The zero-order valence-corrected chi connectivity index (χ0v) is 16.0. The second kappa shape index (κ2) is 6.87. The topological polar surface area (TPSA) is 17.3 Å². The van der Waals surface area contributed by atoms with Gasteiger partial charge in [-0.05, 0) is 47.4 Å². The first kappa shape index (κ1) is 17.5. The normalized spacial score (nSPS) is 11.7. The Bertz CT molecular complexity index is 1010. The maximum atomic E-state index is 4.95. The average molecular weight is 332 g/mol. The van der Waals surface area contributed by atoms with Crippen LogP contribution >= 0.6 is 0 Å². The van der Waals surface area contributed by atoms with Crippen LogP contribution in [0.4, 0.5) is 0 Å². The van der Waals surface area contributed by atoms with Gasteiger partial charge in [0.25, 0.3) is 0 Å². The molecule has 2 heterocycles. The van der Waals surface area contributed by atoms with E-state index in [9.17, 15) is 0 Å².